The third kappa shape index (κ3) is 4.34. The fraction of sp³-hybridized carbons (Fsp3) is 0.385. The number of hydrogen-bond acceptors (Lipinski definition) is 2. The third-order valence-corrected chi connectivity index (χ3v) is 3.70. The second-order valence-corrected chi connectivity index (χ2v) is 5.85. The summed E-state index contributed by atoms with van der Waals surface area (Å²) >= 11 is 16.8. The average molecular weight is 317 g/mol. The third-order valence-electron chi connectivity index (χ3n) is 3.04. The molecule has 2 N–H and O–H groups in total. The van der Waals surface area contributed by atoms with Crippen LogP contribution in [0, 0.1) is 0 Å². The molecule has 1 aromatic rings. The zero-order valence-corrected chi connectivity index (χ0v) is 12.5. The summed E-state index contributed by atoms with van der Waals surface area (Å²) in [5.74, 6) is -0.306. The Morgan fingerprint density at radius 1 is 1.16 bits per heavy atom. The first-order valence-electron chi connectivity index (χ1n) is 6.12. The molecular formula is C13H14Cl2N2OS. The Labute approximate surface area is 127 Å². The van der Waals surface area contributed by atoms with Gasteiger partial charge in [-0.3, -0.25) is 10.1 Å². The van der Waals surface area contributed by atoms with Gasteiger partial charge in [0.15, 0.2) is 5.11 Å². The number of thiocarbonyl (C=S) groups is 1. The highest BCUT2D eigenvalue weighted by atomic mass is 35.5. The fourth-order valence-electron chi connectivity index (χ4n) is 2.15. The molecule has 0 atom stereocenters. The largest absolute Gasteiger partial charge is 0.360 e. The van der Waals surface area contributed by atoms with Crippen LogP contribution in [0.2, 0.25) is 10.0 Å². The first-order valence-corrected chi connectivity index (χ1v) is 7.29. The molecule has 1 aliphatic carbocycles. The van der Waals surface area contributed by atoms with Crippen molar-refractivity contribution in [2.75, 3.05) is 0 Å². The van der Waals surface area contributed by atoms with Gasteiger partial charge in [-0.05, 0) is 43.3 Å². The van der Waals surface area contributed by atoms with E-state index in [1.165, 1.54) is 12.8 Å². The summed E-state index contributed by atoms with van der Waals surface area (Å²) in [6.07, 6.45) is 4.61. The normalized spacial score (nSPS) is 15.3. The zero-order valence-electron chi connectivity index (χ0n) is 10.2. The number of rotatable bonds is 2. The fourth-order valence-corrected chi connectivity index (χ4v) is 2.94. The monoisotopic (exact) mass is 316 g/mol. The Hall–Kier alpha value is -0.840. The summed E-state index contributed by atoms with van der Waals surface area (Å²) in [5, 5.41) is 6.99. The van der Waals surface area contributed by atoms with E-state index in [-0.39, 0.29) is 5.91 Å². The topological polar surface area (TPSA) is 41.1 Å². The van der Waals surface area contributed by atoms with Crippen LogP contribution in [0.25, 0.3) is 0 Å². The molecule has 1 aliphatic rings. The van der Waals surface area contributed by atoms with Gasteiger partial charge in [-0.2, -0.15) is 0 Å². The maximum Gasteiger partial charge on any atom is 0.257 e. The molecule has 19 heavy (non-hydrogen) atoms. The lowest BCUT2D eigenvalue weighted by molar-refractivity contribution is 0.0976. The van der Waals surface area contributed by atoms with Crippen molar-refractivity contribution in [3.63, 3.8) is 0 Å². The molecule has 2 rings (SSSR count). The van der Waals surface area contributed by atoms with Gasteiger partial charge in [-0.15, -0.1) is 0 Å². The Balaban J connectivity index is 1.94. The van der Waals surface area contributed by atoms with Crippen molar-refractivity contribution in [1.82, 2.24) is 10.6 Å². The number of carbonyl (C=O) groups excluding carboxylic acids is 1. The van der Waals surface area contributed by atoms with Crippen LogP contribution in [0.5, 0.6) is 0 Å². The lowest BCUT2D eigenvalue weighted by Crippen LogP contribution is -2.43. The smallest absolute Gasteiger partial charge is 0.257 e. The molecule has 1 fully saturated rings. The molecule has 0 aromatic heterocycles. The number of nitrogens with one attached hydrogen (secondary N) is 2. The lowest BCUT2D eigenvalue weighted by atomic mass is 10.2. The molecule has 0 spiro atoms. The van der Waals surface area contributed by atoms with Gasteiger partial charge in [0.25, 0.3) is 5.91 Å². The van der Waals surface area contributed by atoms with Crippen LogP contribution < -0.4 is 10.6 Å². The van der Waals surface area contributed by atoms with Gasteiger partial charge in [0.2, 0.25) is 0 Å². The molecule has 102 valence electrons. The number of halogens is 2. The van der Waals surface area contributed by atoms with Gasteiger partial charge in [0.05, 0.1) is 0 Å². The average Bonchev–Trinajstić information content (AvgIpc) is 2.80. The molecule has 0 bridgehead atoms. The maximum atomic E-state index is 12.0. The van der Waals surface area contributed by atoms with E-state index in [1.54, 1.807) is 18.2 Å². The van der Waals surface area contributed by atoms with Crippen LogP contribution in [0.15, 0.2) is 18.2 Å². The van der Waals surface area contributed by atoms with E-state index in [4.69, 9.17) is 35.4 Å². The molecule has 0 heterocycles. The molecule has 3 nitrogen and oxygen atoms in total. The van der Waals surface area contributed by atoms with Crippen molar-refractivity contribution in [3.05, 3.63) is 33.8 Å². The number of carbonyl (C=O) groups is 1. The first-order chi connectivity index (χ1) is 9.04. The highest BCUT2D eigenvalue weighted by Crippen LogP contribution is 2.19. The van der Waals surface area contributed by atoms with Gasteiger partial charge < -0.3 is 5.32 Å². The summed E-state index contributed by atoms with van der Waals surface area (Å²) in [5.41, 5.74) is 0.396. The van der Waals surface area contributed by atoms with Crippen molar-refractivity contribution in [2.45, 2.75) is 31.7 Å². The maximum absolute atomic E-state index is 12.0. The van der Waals surface area contributed by atoms with Crippen LogP contribution in [0.1, 0.15) is 36.0 Å². The van der Waals surface area contributed by atoms with E-state index in [9.17, 15) is 4.79 Å². The minimum absolute atomic E-state index is 0.306. The molecule has 6 heteroatoms. The van der Waals surface area contributed by atoms with Crippen molar-refractivity contribution >= 4 is 46.4 Å². The van der Waals surface area contributed by atoms with E-state index in [0.29, 0.717) is 26.8 Å². The van der Waals surface area contributed by atoms with Crippen LogP contribution in [-0.4, -0.2) is 17.1 Å². The van der Waals surface area contributed by atoms with E-state index in [2.05, 4.69) is 10.6 Å². The Kier molecular flexibility index (Phi) is 5.02. The van der Waals surface area contributed by atoms with E-state index in [0.717, 1.165) is 12.8 Å². The molecule has 1 saturated carbocycles. The van der Waals surface area contributed by atoms with E-state index in [1.807, 2.05) is 0 Å². The van der Waals surface area contributed by atoms with Crippen LogP contribution >= 0.6 is 35.4 Å². The summed E-state index contributed by atoms with van der Waals surface area (Å²) in [6.45, 7) is 0. The number of hydrogen-bond donors (Lipinski definition) is 2. The Morgan fingerprint density at radius 3 is 2.32 bits per heavy atom. The summed E-state index contributed by atoms with van der Waals surface area (Å²) < 4.78 is 0. The van der Waals surface area contributed by atoms with E-state index < -0.39 is 0 Å². The van der Waals surface area contributed by atoms with Gasteiger partial charge in [0, 0.05) is 21.7 Å². The van der Waals surface area contributed by atoms with Gasteiger partial charge in [-0.25, -0.2) is 0 Å². The zero-order chi connectivity index (χ0) is 13.8. The molecule has 0 aliphatic heterocycles. The van der Waals surface area contributed by atoms with Crippen LogP contribution in [-0.2, 0) is 0 Å². The Bertz CT molecular complexity index is 481. The number of benzene rings is 1. The van der Waals surface area contributed by atoms with Crippen LogP contribution in [0.4, 0.5) is 0 Å². The highest BCUT2D eigenvalue weighted by molar-refractivity contribution is 7.80. The molecule has 1 amide bonds. The molecule has 0 radical (unpaired) electrons. The first kappa shape index (κ1) is 14.6. The van der Waals surface area contributed by atoms with Crippen molar-refractivity contribution in [2.24, 2.45) is 0 Å². The summed E-state index contributed by atoms with van der Waals surface area (Å²) in [4.78, 5) is 12.0. The predicted molar refractivity (Wildman–Crippen MR) is 81.9 cm³/mol. The standard InChI is InChI=1S/C13H14Cl2N2OS/c14-9-5-8(6-10(15)7-9)12(18)17-13(19)16-11-3-1-2-4-11/h5-7,11H,1-4H2,(H2,16,17,18,19). The summed E-state index contributed by atoms with van der Waals surface area (Å²) in [6, 6.07) is 5.06. The van der Waals surface area contributed by atoms with Gasteiger partial charge in [-0.1, -0.05) is 36.0 Å². The predicted octanol–water partition coefficient (Wildman–Crippen LogP) is 3.54. The molecule has 0 unspecified atom stereocenters. The van der Waals surface area contributed by atoms with Crippen molar-refractivity contribution in [3.8, 4) is 0 Å². The Morgan fingerprint density at radius 2 is 1.74 bits per heavy atom. The minimum atomic E-state index is -0.306. The van der Waals surface area contributed by atoms with Crippen LogP contribution in [0.3, 0.4) is 0 Å². The SMILES string of the molecule is O=C(NC(=S)NC1CCCC1)c1cc(Cl)cc(Cl)c1. The second kappa shape index (κ2) is 6.55. The molecule has 0 saturated heterocycles. The van der Waals surface area contributed by atoms with Crippen molar-refractivity contribution in [1.29, 1.82) is 0 Å². The van der Waals surface area contributed by atoms with Gasteiger partial charge >= 0.3 is 0 Å². The highest BCUT2D eigenvalue weighted by Gasteiger charge is 2.17. The lowest BCUT2D eigenvalue weighted by Gasteiger charge is -2.15. The number of amides is 1. The van der Waals surface area contributed by atoms with Gasteiger partial charge in [0.1, 0.15) is 0 Å². The molecular weight excluding hydrogens is 303 g/mol. The summed E-state index contributed by atoms with van der Waals surface area (Å²) in [7, 11) is 0. The van der Waals surface area contributed by atoms with E-state index >= 15 is 0 Å². The van der Waals surface area contributed by atoms with Crippen molar-refractivity contribution < 1.29 is 4.79 Å². The quantitative estimate of drug-likeness (QED) is 0.820. The minimum Gasteiger partial charge on any atom is -0.360 e. The second-order valence-electron chi connectivity index (χ2n) is 4.57. The molecule has 1 aromatic carbocycles.